The molecule has 98 valence electrons. The van der Waals surface area contributed by atoms with Gasteiger partial charge in [0, 0.05) is 23.4 Å². The van der Waals surface area contributed by atoms with Gasteiger partial charge >= 0.3 is 0 Å². The minimum atomic E-state index is 0.209. The number of hydrogen-bond acceptors (Lipinski definition) is 3. The second-order valence-corrected chi connectivity index (χ2v) is 5.50. The van der Waals surface area contributed by atoms with Crippen LogP contribution in [0.5, 0.6) is 0 Å². The number of nitrogen functional groups attached to an aromatic ring is 1. The highest BCUT2D eigenvalue weighted by Gasteiger charge is 2.14. The number of rotatable bonds is 3. The van der Waals surface area contributed by atoms with Gasteiger partial charge in [0.1, 0.15) is 0 Å². The lowest BCUT2D eigenvalue weighted by Gasteiger charge is -2.16. The summed E-state index contributed by atoms with van der Waals surface area (Å²) in [5.41, 5.74) is 8.00. The average Bonchev–Trinajstić information content (AvgIpc) is 2.95. The molecule has 0 fully saturated rings. The third kappa shape index (κ3) is 2.23. The van der Waals surface area contributed by atoms with E-state index in [1.54, 1.807) is 6.20 Å². The van der Waals surface area contributed by atoms with Gasteiger partial charge in [-0.3, -0.25) is 0 Å². The van der Waals surface area contributed by atoms with Gasteiger partial charge in [0.15, 0.2) is 0 Å². The van der Waals surface area contributed by atoms with Crippen LogP contribution >= 0.6 is 15.9 Å². The first-order chi connectivity index (χ1) is 9.15. The van der Waals surface area contributed by atoms with E-state index >= 15 is 0 Å². The number of nitrogens with two attached hydrogens (primary N) is 1. The van der Waals surface area contributed by atoms with Crippen molar-refractivity contribution >= 4 is 32.9 Å². The summed E-state index contributed by atoms with van der Waals surface area (Å²) in [5.74, 6) is 0.542. The van der Waals surface area contributed by atoms with Crippen molar-refractivity contribution in [3.63, 3.8) is 0 Å². The second-order valence-electron chi connectivity index (χ2n) is 4.58. The molecule has 6 heteroatoms. The minimum absolute atomic E-state index is 0.209. The standard InChI is InChI=1S/C13H14BrN5/c1-9(7-18-5-4-16-8-18)19-12-3-2-10(14)6-11(12)17-13(19)15/h2-6,8-9H,7H2,1H3,(H2,15,17). The van der Waals surface area contributed by atoms with Crippen LogP contribution in [0, 0.1) is 0 Å². The molecule has 3 rings (SSSR count). The maximum atomic E-state index is 6.04. The van der Waals surface area contributed by atoms with Gasteiger partial charge in [-0.2, -0.15) is 0 Å². The summed E-state index contributed by atoms with van der Waals surface area (Å²) in [4.78, 5) is 8.46. The normalized spacial score (nSPS) is 12.9. The van der Waals surface area contributed by atoms with Gasteiger partial charge in [0.25, 0.3) is 0 Å². The molecule has 0 saturated carbocycles. The maximum Gasteiger partial charge on any atom is 0.201 e. The number of anilines is 1. The van der Waals surface area contributed by atoms with E-state index in [0.29, 0.717) is 5.95 Å². The molecule has 3 aromatic rings. The summed E-state index contributed by atoms with van der Waals surface area (Å²) in [7, 11) is 0. The summed E-state index contributed by atoms with van der Waals surface area (Å²) in [6.45, 7) is 2.94. The Morgan fingerprint density at radius 2 is 2.26 bits per heavy atom. The topological polar surface area (TPSA) is 61.7 Å². The number of aromatic nitrogens is 4. The van der Waals surface area contributed by atoms with E-state index in [-0.39, 0.29) is 6.04 Å². The first-order valence-electron chi connectivity index (χ1n) is 6.04. The van der Waals surface area contributed by atoms with Crippen LogP contribution in [0.15, 0.2) is 41.4 Å². The van der Waals surface area contributed by atoms with E-state index in [0.717, 1.165) is 22.1 Å². The van der Waals surface area contributed by atoms with Crippen molar-refractivity contribution in [1.82, 2.24) is 19.1 Å². The lowest BCUT2D eigenvalue weighted by molar-refractivity contribution is 0.479. The van der Waals surface area contributed by atoms with Crippen LogP contribution < -0.4 is 5.73 Å². The molecule has 0 spiro atoms. The van der Waals surface area contributed by atoms with E-state index < -0.39 is 0 Å². The molecule has 1 atom stereocenters. The molecule has 2 aromatic heterocycles. The summed E-state index contributed by atoms with van der Waals surface area (Å²) in [6, 6.07) is 6.23. The Morgan fingerprint density at radius 1 is 1.42 bits per heavy atom. The maximum absolute atomic E-state index is 6.04. The van der Waals surface area contributed by atoms with Crippen molar-refractivity contribution in [3.05, 3.63) is 41.4 Å². The van der Waals surface area contributed by atoms with Crippen LogP contribution in [0.25, 0.3) is 11.0 Å². The second kappa shape index (κ2) is 4.70. The van der Waals surface area contributed by atoms with Crippen molar-refractivity contribution in [2.75, 3.05) is 5.73 Å². The molecule has 5 nitrogen and oxygen atoms in total. The van der Waals surface area contributed by atoms with Crippen LogP contribution in [0.2, 0.25) is 0 Å². The molecular weight excluding hydrogens is 306 g/mol. The van der Waals surface area contributed by atoms with E-state index in [9.17, 15) is 0 Å². The predicted molar refractivity (Wildman–Crippen MR) is 78.8 cm³/mol. The molecule has 19 heavy (non-hydrogen) atoms. The van der Waals surface area contributed by atoms with Crippen molar-refractivity contribution < 1.29 is 0 Å². The Bertz CT molecular complexity index is 701. The average molecular weight is 320 g/mol. The first-order valence-corrected chi connectivity index (χ1v) is 6.83. The van der Waals surface area contributed by atoms with Gasteiger partial charge < -0.3 is 14.9 Å². The molecule has 0 aliphatic carbocycles. The Balaban J connectivity index is 2.01. The van der Waals surface area contributed by atoms with Crippen molar-refractivity contribution in [3.8, 4) is 0 Å². The quantitative estimate of drug-likeness (QED) is 0.807. The number of halogens is 1. The van der Waals surface area contributed by atoms with Crippen LogP contribution in [-0.2, 0) is 6.54 Å². The van der Waals surface area contributed by atoms with E-state index in [2.05, 4.69) is 37.4 Å². The Morgan fingerprint density at radius 3 is 3.00 bits per heavy atom. The minimum Gasteiger partial charge on any atom is -0.369 e. The third-order valence-electron chi connectivity index (χ3n) is 3.15. The first kappa shape index (κ1) is 12.2. The summed E-state index contributed by atoms with van der Waals surface area (Å²) >= 11 is 3.45. The van der Waals surface area contributed by atoms with Crippen LogP contribution in [0.4, 0.5) is 5.95 Å². The van der Waals surface area contributed by atoms with Crippen LogP contribution in [0.3, 0.4) is 0 Å². The highest BCUT2D eigenvalue weighted by Crippen LogP contribution is 2.26. The van der Waals surface area contributed by atoms with Gasteiger partial charge in [-0.25, -0.2) is 9.97 Å². The highest BCUT2D eigenvalue weighted by atomic mass is 79.9. The van der Waals surface area contributed by atoms with Crippen LogP contribution in [0.1, 0.15) is 13.0 Å². The van der Waals surface area contributed by atoms with Crippen molar-refractivity contribution in [1.29, 1.82) is 0 Å². The summed E-state index contributed by atoms with van der Waals surface area (Å²) in [6.07, 6.45) is 5.53. The van der Waals surface area contributed by atoms with E-state index in [1.807, 2.05) is 35.3 Å². The molecule has 0 amide bonds. The van der Waals surface area contributed by atoms with E-state index in [4.69, 9.17) is 5.73 Å². The molecule has 0 radical (unpaired) electrons. The Labute approximate surface area is 119 Å². The molecule has 0 aliphatic rings. The van der Waals surface area contributed by atoms with Crippen molar-refractivity contribution in [2.24, 2.45) is 0 Å². The van der Waals surface area contributed by atoms with Gasteiger partial charge in [-0.05, 0) is 25.1 Å². The van der Waals surface area contributed by atoms with Crippen LogP contribution in [-0.4, -0.2) is 19.1 Å². The highest BCUT2D eigenvalue weighted by molar-refractivity contribution is 9.10. The van der Waals surface area contributed by atoms with Crippen molar-refractivity contribution in [2.45, 2.75) is 19.5 Å². The predicted octanol–water partition coefficient (Wildman–Crippen LogP) is 2.84. The zero-order valence-electron chi connectivity index (χ0n) is 10.5. The molecule has 1 unspecified atom stereocenters. The molecule has 1 aromatic carbocycles. The lowest BCUT2D eigenvalue weighted by Crippen LogP contribution is -2.14. The molecule has 0 saturated heterocycles. The number of benzene rings is 1. The number of hydrogen-bond donors (Lipinski definition) is 1. The SMILES string of the molecule is CC(Cn1ccnc1)n1c(N)nc2cc(Br)ccc21. The third-order valence-corrected chi connectivity index (χ3v) is 3.65. The largest absolute Gasteiger partial charge is 0.369 e. The fraction of sp³-hybridized carbons (Fsp3) is 0.231. The fourth-order valence-corrected chi connectivity index (χ4v) is 2.68. The lowest BCUT2D eigenvalue weighted by atomic mass is 10.2. The monoisotopic (exact) mass is 319 g/mol. The fourth-order valence-electron chi connectivity index (χ4n) is 2.34. The molecular formula is C13H14BrN5. The van der Waals surface area contributed by atoms with Gasteiger partial charge in [-0.1, -0.05) is 15.9 Å². The smallest absolute Gasteiger partial charge is 0.201 e. The number of fused-ring (bicyclic) bond motifs is 1. The summed E-state index contributed by atoms with van der Waals surface area (Å²) < 4.78 is 5.10. The Hall–Kier alpha value is -1.82. The molecule has 2 heterocycles. The van der Waals surface area contributed by atoms with Gasteiger partial charge in [0.05, 0.1) is 23.4 Å². The molecule has 2 N–H and O–H groups in total. The van der Waals surface area contributed by atoms with Gasteiger partial charge in [0.2, 0.25) is 5.95 Å². The summed E-state index contributed by atoms with van der Waals surface area (Å²) in [5, 5.41) is 0. The van der Waals surface area contributed by atoms with Gasteiger partial charge in [-0.15, -0.1) is 0 Å². The number of imidazole rings is 2. The number of nitrogens with zero attached hydrogens (tertiary/aromatic N) is 4. The molecule has 0 aliphatic heterocycles. The Kier molecular flexibility index (Phi) is 3.02. The zero-order chi connectivity index (χ0) is 13.4. The zero-order valence-corrected chi connectivity index (χ0v) is 12.1. The molecule has 0 bridgehead atoms. The van der Waals surface area contributed by atoms with E-state index in [1.165, 1.54) is 0 Å².